The third-order valence-electron chi connectivity index (χ3n) is 6.46. The van der Waals surface area contributed by atoms with Gasteiger partial charge < -0.3 is 31.1 Å². The third kappa shape index (κ3) is 5.59. The number of nitrogen functional groups attached to an aromatic ring is 1. The van der Waals surface area contributed by atoms with E-state index in [0.29, 0.717) is 23.5 Å². The molecule has 1 saturated heterocycles. The molecule has 0 radical (unpaired) electrons. The average molecular weight is 541 g/mol. The number of thioether (sulfide) groups is 1. The van der Waals surface area contributed by atoms with E-state index in [1.165, 1.54) is 24.8 Å². The Morgan fingerprint density at radius 2 is 1.92 bits per heavy atom. The largest absolute Gasteiger partial charge is 0.505 e. The topological polar surface area (TPSA) is 152 Å². The summed E-state index contributed by atoms with van der Waals surface area (Å²) in [6.45, 7) is 1.48. The van der Waals surface area contributed by atoms with Crippen molar-refractivity contribution in [3.8, 4) is 16.9 Å². The fourth-order valence-corrected chi connectivity index (χ4v) is 5.46. The lowest BCUT2D eigenvalue weighted by Crippen LogP contribution is -2.32. The molecule has 6 N–H and O–H groups in total. The normalized spacial score (nSPS) is 21.3. The molecule has 200 valence electrons. The van der Waals surface area contributed by atoms with Gasteiger partial charge in [0.2, 0.25) is 0 Å². The Bertz CT molecular complexity index is 1410. The molecule has 0 spiro atoms. The summed E-state index contributed by atoms with van der Waals surface area (Å²) in [5.74, 6) is 0.627. The zero-order chi connectivity index (χ0) is 26.6. The Kier molecular flexibility index (Phi) is 8.05. The maximum atomic E-state index is 13.3. The molecule has 3 heterocycles. The van der Waals surface area contributed by atoms with Gasteiger partial charge >= 0.3 is 0 Å². The molecular weight excluding hydrogens is 511 g/mol. The SMILES string of the molecule is Nc1ncnc2c1ncn2[C@@H]1O[C@H](CSCCCNCc2cccc(-c3ccc(F)c(O)c3)c2)[C@@H](O)[C@H]1O. The molecule has 2 aromatic heterocycles. The molecule has 10 nitrogen and oxygen atoms in total. The van der Waals surface area contributed by atoms with Crippen molar-refractivity contribution in [2.45, 2.75) is 37.5 Å². The summed E-state index contributed by atoms with van der Waals surface area (Å²) >= 11 is 1.65. The number of benzene rings is 2. The second kappa shape index (κ2) is 11.6. The first-order valence-corrected chi connectivity index (χ1v) is 13.4. The van der Waals surface area contributed by atoms with Crippen LogP contribution in [0.25, 0.3) is 22.3 Å². The molecular formula is C26H29FN6O4S. The number of aromatic hydroxyl groups is 1. The van der Waals surface area contributed by atoms with E-state index in [0.717, 1.165) is 35.4 Å². The Balaban J connectivity index is 1.05. The number of fused-ring (bicyclic) bond motifs is 1. The first kappa shape index (κ1) is 26.3. The van der Waals surface area contributed by atoms with Gasteiger partial charge in [-0.1, -0.05) is 24.3 Å². The van der Waals surface area contributed by atoms with Crippen LogP contribution < -0.4 is 11.1 Å². The second-order valence-electron chi connectivity index (χ2n) is 9.10. The molecule has 0 amide bonds. The van der Waals surface area contributed by atoms with Crippen molar-refractivity contribution in [1.29, 1.82) is 0 Å². The number of phenolic OH excluding ortho intramolecular Hbond substituents is 1. The van der Waals surface area contributed by atoms with E-state index in [1.54, 1.807) is 22.4 Å². The van der Waals surface area contributed by atoms with Crippen molar-refractivity contribution in [1.82, 2.24) is 24.8 Å². The molecule has 4 atom stereocenters. The number of aromatic nitrogens is 4. The third-order valence-corrected chi connectivity index (χ3v) is 7.60. The molecule has 12 heteroatoms. The Hall–Kier alpha value is -3.29. The van der Waals surface area contributed by atoms with Gasteiger partial charge in [0.05, 0.1) is 12.4 Å². The number of nitrogens with two attached hydrogens (primary N) is 1. The van der Waals surface area contributed by atoms with Crippen LogP contribution in [0, 0.1) is 5.82 Å². The predicted molar refractivity (Wildman–Crippen MR) is 143 cm³/mol. The number of nitrogens with one attached hydrogen (secondary N) is 1. The first-order valence-electron chi connectivity index (χ1n) is 12.2. The highest BCUT2D eigenvalue weighted by atomic mass is 32.2. The lowest BCUT2D eigenvalue weighted by molar-refractivity contribution is -0.0289. The summed E-state index contributed by atoms with van der Waals surface area (Å²) in [7, 11) is 0. The molecule has 4 aromatic rings. The molecule has 1 aliphatic rings. The zero-order valence-electron chi connectivity index (χ0n) is 20.4. The number of hydrogen-bond donors (Lipinski definition) is 5. The summed E-state index contributed by atoms with van der Waals surface area (Å²) in [6.07, 6.45) is 0.222. The molecule has 1 aliphatic heterocycles. The van der Waals surface area contributed by atoms with Crippen molar-refractivity contribution >= 4 is 28.7 Å². The number of ether oxygens (including phenoxy) is 1. The van der Waals surface area contributed by atoms with Gasteiger partial charge in [-0.05, 0) is 53.6 Å². The highest BCUT2D eigenvalue weighted by Gasteiger charge is 2.44. The summed E-state index contributed by atoms with van der Waals surface area (Å²) < 4.78 is 20.9. The van der Waals surface area contributed by atoms with Crippen LogP contribution in [0.2, 0.25) is 0 Å². The lowest BCUT2D eigenvalue weighted by Gasteiger charge is -2.16. The Labute approximate surface area is 222 Å². The van der Waals surface area contributed by atoms with Crippen LogP contribution in [0.3, 0.4) is 0 Å². The van der Waals surface area contributed by atoms with Crippen LogP contribution in [0.15, 0.2) is 55.1 Å². The van der Waals surface area contributed by atoms with Gasteiger partial charge in [0.25, 0.3) is 0 Å². The molecule has 1 fully saturated rings. The molecule has 0 bridgehead atoms. The van der Waals surface area contributed by atoms with E-state index in [4.69, 9.17) is 10.5 Å². The lowest BCUT2D eigenvalue weighted by atomic mass is 10.0. The van der Waals surface area contributed by atoms with Crippen LogP contribution in [0.4, 0.5) is 10.2 Å². The summed E-state index contributed by atoms with van der Waals surface area (Å²) in [5.41, 5.74) is 9.44. The number of rotatable bonds is 10. The van der Waals surface area contributed by atoms with E-state index in [-0.39, 0.29) is 11.6 Å². The van der Waals surface area contributed by atoms with Crippen LogP contribution in [-0.2, 0) is 11.3 Å². The van der Waals surface area contributed by atoms with Gasteiger partial charge in [0.15, 0.2) is 29.3 Å². The van der Waals surface area contributed by atoms with Crippen LogP contribution in [-0.4, -0.2) is 71.2 Å². The molecule has 2 aromatic carbocycles. The quantitative estimate of drug-likeness (QED) is 0.190. The molecule has 0 saturated carbocycles. The maximum Gasteiger partial charge on any atom is 0.167 e. The Morgan fingerprint density at radius 1 is 1.08 bits per heavy atom. The van der Waals surface area contributed by atoms with Crippen molar-refractivity contribution in [3.05, 3.63) is 66.5 Å². The van der Waals surface area contributed by atoms with Crippen LogP contribution in [0.5, 0.6) is 5.75 Å². The Morgan fingerprint density at radius 3 is 2.76 bits per heavy atom. The van der Waals surface area contributed by atoms with E-state index in [2.05, 4.69) is 20.3 Å². The van der Waals surface area contributed by atoms with Gasteiger partial charge in [0, 0.05) is 12.3 Å². The van der Waals surface area contributed by atoms with Crippen LogP contribution in [0.1, 0.15) is 18.2 Å². The fraction of sp³-hybridized carbons (Fsp3) is 0.346. The standard InChI is InChI=1S/C26H29FN6O4S/c27-18-6-5-17(10-19(18)34)16-4-1-3-15(9-16)11-29-7-2-8-38-12-20-22(35)23(36)26(37-20)33-14-32-21-24(28)30-13-31-25(21)33/h1,3-6,9-10,13-14,20,22-23,26,29,34-36H,2,7-8,11-12H2,(H2,28,30,31)/t20-,22-,23-,26-/m1/s1. The minimum absolute atomic E-state index is 0.239. The maximum absolute atomic E-state index is 13.3. The highest BCUT2D eigenvalue weighted by molar-refractivity contribution is 7.99. The monoisotopic (exact) mass is 540 g/mol. The highest BCUT2D eigenvalue weighted by Crippen LogP contribution is 2.33. The number of halogens is 1. The van der Waals surface area contributed by atoms with E-state index in [1.807, 2.05) is 24.3 Å². The molecule has 5 rings (SSSR count). The number of imidazole rings is 1. The predicted octanol–water partition coefficient (Wildman–Crippen LogP) is 2.45. The number of phenols is 1. The van der Waals surface area contributed by atoms with Gasteiger partial charge in [-0.2, -0.15) is 11.8 Å². The van der Waals surface area contributed by atoms with Crippen LogP contribution >= 0.6 is 11.8 Å². The minimum atomic E-state index is -1.12. The number of hydrogen-bond acceptors (Lipinski definition) is 10. The summed E-state index contributed by atoms with van der Waals surface area (Å²) in [6, 6.07) is 12.2. The molecule has 0 aliphatic carbocycles. The van der Waals surface area contributed by atoms with E-state index in [9.17, 15) is 19.7 Å². The van der Waals surface area contributed by atoms with Crippen molar-refractivity contribution in [3.63, 3.8) is 0 Å². The van der Waals surface area contributed by atoms with Gasteiger partial charge in [-0.25, -0.2) is 19.3 Å². The molecule has 38 heavy (non-hydrogen) atoms. The smallest absolute Gasteiger partial charge is 0.167 e. The zero-order valence-corrected chi connectivity index (χ0v) is 21.3. The molecule has 0 unspecified atom stereocenters. The van der Waals surface area contributed by atoms with E-state index >= 15 is 0 Å². The second-order valence-corrected chi connectivity index (χ2v) is 10.3. The number of aliphatic hydroxyl groups excluding tert-OH is 2. The van der Waals surface area contributed by atoms with Crippen molar-refractivity contribution < 1.29 is 24.4 Å². The summed E-state index contributed by atoms with van der Waals surface area (Å²) in [4.78, 5) is 12.3. The van der Waals surface area contributed by atoms with Crippen molar-refractivity contribution in [2.24, 2.45) is 0 Å². The number of nitrogens with zero attached hydrogens (tertiary/aromatic N) is 4. The van der Waals surface area contributed by atoms with Gasteiger partial charge in [0.1, 0.15) is 24.1 Å². The fourth-order valence-electron chi connectivity index (χ4n) is 4.44. The van der Waals surface area contributed by atoms with Gasteiger partial charge in [-0.3, -0.25) is 4.57 Å². The van der Waals surface area contributed by atoms with Gasteiger partial charge in [-0.15, -0.1) is 0 Å². The average Bonchev–Trinajstić information content (AvgIpc) is 3.47. The minimum Gasteiger partial charge on any atom is -0.505 e. The first-order chi connectivity index (χ1) is 18.4. The summed E-state index contributed by atoms with van der Waals surface area (Å²) in [5, 5.41) is 34.2. The van der Waals surface area contributed by atoms with Crippen molar-refractivity contribution in [2.75, 3.05) is 23.8 Å². The van der Waals surface area contributed by atoms with E-state index < -0.39 is 30.4 Å². The number of anilines is 1. The number of aliphatic hydroxyl groups is 2.